The second-order valence-electron chi connectivity index (χ2n) is 4.38. The molecule has 1 aromatic carbocycles. The Morgan fingerprint density at radius 2 is 2.18 bits per heavy atom. The Morgan fingerprint density at radius 3 is 2.73 bits per heavy atom. The minimum absolute atomic E-state index is 0. The summed E-state index contributed by atoms with van der Waals surface area (Å²) in [4.78, 5) is 12.7. The Morgan fingerprint density at radius 1 is 1.50 bits per heavy atom. The maximum Gasteiger partial charge on any atom is 0.256 e. The van der Waals surface area contributed by atoms with Crippen LogP contribution in [-0.4, -0.2) is 35.7 Å². The van der Waals surface area contributed by atoms with Crippen LogP contribution in [0.1, 0.15) is 12.0 Å². The zero-order chi connectivity index (χ0) is 15.6. The summed E-state index contributed by atoms with van der Waals surface area (Å²) in [5.74, 6) is 0.249. The molecule has 1 radical (unpaired) electrons. The fraction of sp³-hybridized carbons (Fsp3) is 0.357. The van der Waals surface area contributed by atoms with Crippen molar-refractivity contribution >= 4 is 43.5 Å². The van der Waals surface area contributed by atoms with Gasteiger partial charge in [-0.3, -0.25) is 4.79 Å². The van der Waals surface area contributed by atoms with E-state index in [1.54, 1.807) is 18.2 Å². The maximum atomic E-state index is 12.7. The zero-order valence-corrected chi connectivity index (χ0v) is 17.7. The Balaban J connectivity index is 0.00000242. The first kappa shape index (κ1) is 20.2. The Bertz CT molecular complexity index is 584. The van der Waals surface area contributed by atoms with Crippen molar-refractivity contribution in [1.29, 1.82) is 0 Å². The molecule has 117 valence electrons. The number of nitrogens with zero attached hydrogens (tertiary/aromatic N) is 1. The molecule has 1 aliphatic heterocycles. The van der Waals surface area contributed by atoms with Crippen molar-refractivity contribution in [1.82, 2.24) is 4.90 Å². The largest absolute Gasteiger partial charge is 0.497 e. The van der Waals surface area contributed by atoms with Gasteiger partial charge >= 0.3 is 0 Å². The van der Waals surface area contributed by atoms with E-state index in [1.165, 1.54) is 7.11 Å². The Kier molecular flexibility index (Phi) is 8.13. The maximum absolute atomic E-state index is 12.7. The van der Waals surface area contributed by atoms with Crippen molar-refractivity contribution in [3.8, 4) is 5.75 Å². The first-order chi connectivity index (χ1) is 9.93. The fourth-order valence-electron chi connectivity index (χ4n) is 2.02. The number of hydrogen-bond acceptors (Lipinski definition) is 2. The number of rotatable bonds is 4. The molecule has 0 spiro atoms. The molecule has 1 aromatic rings. The minimum atomic E-state index is -2.61. The van der Waals surface area contributed by atoms with E-state index in [2.05, 4.69) is 37.9 Å². The van der Waals surface area contributed by atoms with Gasteiger partial charge in [0.05, 0.1) is 18.5 Å². The molecule has 0 aromatic heterocycles. The molecule has 1 heterocycles. The monoisotopic (exact) mass is 511 g/mol. The summed E-state index contributed by atoms with van der Waals surface area (Å²) in [6.07, 6.45) is 0.749. The molecule has 1 aliphatic rings. The molecule has 0 aliphatic carbocycles. The molecule has 0 saturated carbocycles. The van der Waals surface area contributed by atoms with Gasteiger partial charge in [0.1, 0.15) is 5.75 Å². The van der Waals surface area contributed by atoms with Crippen LogP contribution in [0.4, 0.5) is 8.78 Å². The Hall–Kier alpha value is 0.154. The zero-order valence-electron chi connectivity index (χ0n) is 11.7. The molecule has 22 heavy (non-hydrogen) atoms. The van der Waals surface area contributed by atoms with E-state index in [1.807, 2.05) is 0 Å². The predicted octanol–water partition coefficient (Wildman–Crippen LogP) is 3.86. The van der Waals surface area contributed by atoms with E-state index >= 15 is 0 Å². The van der Waals surface area contributed by atoms with Crippen LogP contribution in [0.25, 0.3) is 5.70 Å². The number of allylic oxidation sites excluding steroid dienone is 1. The van der Waals surface area contributed by atoms with E-state index in [4.69, 9.17) is 4.74 Å². The standard InChI is InChI=1S/C14H12Br2F2NO2.Y/c1-21-8-2-3-9(11(16)6-8)12-5-4-10(15)14(20)19(12)7-13(17)18;/h2-3,6,10,13H,4,7H2,1H3;/q-1;. The van der Waals surface area contributed by atoms with Gasteiger partial charge in [-0.05, 0) is 12.1 Å². The van der Waals surface area contributed by atoms with Crippen molar-refractivity contribution in [2.75, 3.05) is 13.7 Å². The van der Waals surface area contributed by atoms with E-state index in [0.717, 1.165) is 4.90 Å². The van der Waals surface area contributed by atoms with Gasteiger partial charge in [-0.1, -0.05) is 42.8 Å². The molecule has 0 N–H and O–H groups in total. The number of methoxy groups -OCH3 is 1. The van der Waals surface area contributed by atoms with Gasteiger partial charge in [0.25, 0.3) is 6.43 Å². The number of alkyl halides is 3. The number of halogens is 4. The smallest absolute Gasteiger partial charge is 0.256 e. The third-order valence-electron chi connectivity index (χ3n) is 3.00. The number of amides is 1. The SMILES string of the molecule is COc1ccc(C2=[C-]CC(Br)C(=O)N2CC(F)F)c(Br)c1.[Y]. The summed E-state index contributed by atoms with van der Waals surface area (Å²) in [5, 5.41) is 0. The van der Waals surface area contributed by atoms with Crippen LogP contribution >= 0.6 is 31.9 Å². The van der Waals surface area contributed by atoms with E-state index in [9.17, 15) is 13.6 Å². The van der Waals surface area contributed by atoms with Crippen LogP contribution in [-0.2, 0) is 37.5 Å². The van der Waals surface area contributed by atoms with Crippen molar-refractivity contribution in [3.63, 3.8) is 0 Å². The molecule has 1 atom stereocenters. The van der Waals surface area contributed by atoms with Gasteiger partial charge in [-0.25, -0.2) is 14.9 Å². The van der Waals surface area contributed by atoms with E-state index in [-0.39, 0.29) is 38.6 Å². The third kappa shape index (κ3) is 4.59. The summed E-state index contributed by atoms with van der Waals surface area (Å²) < 4.78 is 31.2. The molecule has 3 nitrogen and oxygen atoms in total. The van der Waals surface area contributed by atoms with Gasteiger partial charge in [-0.2, -0.15) is 0 Å². The van der Waals surface area contributed by atoms with Crippen LogP contribution in [0.5, 0.6) is 5.75 Å². The summed E-state index contributed by atoms with van der Waals surface area (Å²) >= 11 is 6.56. The van der Waals surface area contributed by atoms with Crippen molar-refractivity contribution in [2.45, 2.75) is 17.7 Å². The van der Waals surface area contributed by atoms with Crippen LogP contribution in [0.15, 0.2) is 22.7 Å². The molecule has 0 fully saturated rings. The van der Waals surface area contributed by atoms with Gasteiger partial charge in [0, 0.05) is 32.7 Å². The summed E-state index contributed by atoms with van der Waals surface area (Å²) in [6.45, 7) is -0.651. The van der Waals surface area contributed by atoms with Crippen molar-refractivity contribution in [2.24, 2.45) is 0 Å². The predicted molar refractivity (Wildman–Crippen MR) is 82.4 cm³/mol. The number of carbonyl (C=O) groups is 1. The van der Waals surface area contributed by atoms with Crippen molar-refractivity contribution in [3.05, 3.63) is 34.3 Å². The summed E-state index contributed by atoms with van der Waals surface area (Å²) in [6, 6.07) is 5.14. The number of benzene rings is 1. The van der Waals surface area contributed by atoms with E-state index < -0.39 is 17.8 Å². The van der Waals surface area contributed by atoms with Gasteiger partial charge < -0.3 is 9.64 Å². The van der Waals surface area contributed by atoms with E-state index in [0.29, 0.717) is 27.9 Å². The molecule has 0 bridgehead atoms. The molecule has 1 amide bonds. The van der Waals surface area contributed by atoms with Crippen molar-refractivity contribution < 1.29 is 51.0 Å². The number of ether oxygens (including phenoxy) is 1. The first-order valence-electron chi connectivity index (χ1n) is 6.12. The molecule has 2 rings (SSSR count). The number of hydrogen-bond donors (Lipinski definition) is 0. The number of carbonyl (C=O) groups excluding carboxylic acids is 1. The average Bonchev–Trinajstić information content (AvgIpc) is 2.44. The normalized spacial score (nSPS) is 18.1. The van der Waals surface area contributed by atoms with Gasteiger partial charge in [-0.15, -0.1) is 17.3 Å². The van der Waals surface area contributed by atoms with Crippen LogP contribution < -0.4 is 4.74 Å². The van der Waals surface area contributed by atoms with Gasteiger partial charge in [0.2, 0.25) is 5.91 Å². The average molecular weight is 513 g/mol. The topological polar surface area (TPSA) is 29.5 Å². The first-order valence-corrected chi connectivity index (χ1v) is 7.83. The fourth-order valence-corrected chi connectivity index (χ4v) is 2.98. The third-order valence-corrected chi connectivity index (χ3v) is 4.38. The molecule has 8 heteroatoms. The van der Waals surface area contributed by atoms with Crippen LogP contribution in [0.2, 0.25) is 0 Å². The van der Waals surface area contributed by atoms with Gasteiger partial charge in [0.15, 0.2) is 0 Å². The molecule has 0 saturated heterocycles. The molecular formula is C14H12Br2F2NO2Y-. The second-order valence-corrected chi connectivity index (χ2v) is 6.34. The minimum Gasteiger partial charge on any atom is -0.497 e. The van der Waals surface area contributed by atoms with Crippen LogP contribution in [0.3, 0.4) is 0 Å². The Labute approximate surface area is 169 Å². The summed E-state index contributed by atoms with van der Waals surface area (Å²) in [5.41, 5.74) is 0.995. The second kappa shape index (κ2) is 8.85. The molecule has 1 unspecified atom stereocenters. The molecular weight excluding hydrogens is 501 g/mol. The van der Waals surface area contributed by atoms with Crippen LogP contribution in [0, 0.1) is 6.08 Å². The quantitative estimate of drug-likeness (QED) is 0.453. The summed E-state index contributed by atoms with van der Waals surface area (Å²) in [7, 11) is 1.54.